The first-order valence-electron chi connectivity index (χ1n) is 9.74. The van der Waals surface area contributed by atoms with E-state index in [1.165, 1.54) is 44.9 Å². The number of carbonyl (C=O) groups is 1. The predicted molar refractivity (Wildman–Crippen MR) is 95.2 cm³/mol. The predicted octanol–water partition coefficient (Wildman–Crippen LogP) is 5.97. The Balaban J connectivity index is 1.64. The number of allylic oxidation sites excluding steroid dienone is 2. The number of halogens is 1. The van der Waals surface area contributed by atoms with Crippen LogP contribution in [0, 0.1) is 40.4 Å². The standard InChI is InChI=1S/C21H31ClO/c1-13-6-8-20(2)15(10-13)4-5-16-17(20)7-9-21(3)18(16)11-14(12-23)19(21)22/h12-13,15-18H,4-11H2,1-3H3/t13-,15-,16?,17?,18?,20-,21-/m0/s1. The van der Waals surface area contributed by atoms with E-state index in [2.05, 4.69) is 20.8 Å². The summed E-state index contributed by atoms with van der Waals surface area (Å²) in [6.07, 6.45) is 11.5. The fourth-order valence-corrected chi connectivity index (χ4v) is 7.59. The molecule has 4 aliphatic rings. The van der Waals surface area contributed by atoms with Gasteiger partial charge in [0.1, 0.15) is 6.29 Å². The van der Waals surface area contributed by atoms with Crippen molar-refractivity contribution >= 4 is 17.9 Å². The Morgan fingerprint density at radius 2 is 1.87 bits per heavy atom. The monoisotopic (exact) mass is 334 g/mol. The molecule has 4 aliphatic carbocycles. The van der Waals surface area contributed by atoms with Crippen molar-refractivity contribution in [3.8, 4) is 0 Å². The first-order valence-corrected chi connectivity index (χ1v) is 10.1. The van der Waals surface area contributed by atoms with E-state index in [4.69, 9.17) is 11.6 Å². The molecule has 3 fully saturated rings. The average molecular weight is 335 g/mol. The molecule has 0 amide bonds. The molecular weight excluding hydrogens is 304 g/mol. The van der Waals surface area contributed by atoms with Gasteiger partial charge in [0.15, 0.2) is 0 Å². The molecule has 0 spiro atoms. The third-order valence-electron chi connectivity index (χ3n) is 8.68. The summed E-state index contributed by atoms with van der Waals surface area (Å²) in [7, 11) is 0. The maximum absolute atomic E-state index is 11.4. The molecule has 23 heavy (non-hydrogen) atoms. The van der Waals surface area contributed by atoms with Crippen LogP contribution in [0.2, 0.25) is 0 Å². The summed E-state index contributed by atoms with van der Waals surface area (Å²) in [6, 6.07) is 0. The Kier molecular flexibility index (Phi) is 3.76. The summed E-state index contributed by atoms with van der Waals surface area (Å²) >= 11 is 6.66. The fraction of sp³-hybridized carbons (Fsp3) is 0.857. The lowest BCUT2D eigenvalue weighted by Gasteiger charge is -2.60. The molecule has 4 rings (SSSR count). The lowest BCUT2D eigenvalue weighted by molar-refractivity contribution is -0.107. The van der Waals surface area contributed by atoms with Gasteiger partial charge in [-0.2, -0.15) is 0 Å². The van der Waals surface area contributed by atoms with Crippen molar-refractivity contribution in [2.45, 2.75) is 72.1 Å². The minimum absolute atomic E-state index is 0.0874. The van der Waals surface area contributed by atoms with Crippen LogP contribution in [0.3, 0.4) is 0 Å². The molecule has 1 nitrogen and oxygen atoms in total. The topological polar surface area (TPSA) is 17.1 Å². The van der Waals surface area contributed by atoms with Crippen LogP contribution in [0.5, 0.6) is 0 Å². The van der Waals surface area contributed by atoms with Crippen molar-refractivity contribution in [2.75, 3.05) is 0 Å². The van der Waals surface area contributed by atoms with Crippen LogP contribution in [-0.4, -0.2) is 6.29 Å². The lowest BCUT2D eigenvalue weighted by Crippen LogP contribution is -2.52. The maximum Gasteiger partial charge on any atom is 0.147 e. The molecule has 0 radical (unpaired) electrons. The van der Waals surface area contributed by atoms with Crippen molar-refractivity contribution in [3.63, 3.8) is 0 Å². The third-order valence-corrected chi connectivity index (χ3v) is 9.36. The lowest BCUT2D eigenvalue weighted by atomic mass is 9.45. The van der Waals surface area contributed by atoms with E-state index in [0.717, 1.165) is 47.0 Å². The highest BCUT2D eigenvalue weighted by Crippen LogP contribution is 2.67. The molecular formula is C21H31ClO. The molecule has 0 saturated heterocycles. The van der Waals surface area contributed by atoms with Gasteiger partial charge in [-0.15, -0.1) is 0 Å². The Morgan fingerprint density at radius 1 is 1.09 bits per heavy atom. The Hall–Kier alpha value is -0.300. The van der Waals surface area contributed by atoms with Gasteiger partial charge in [-0.05, 0) is 80.0 Å². The molecule has 0 heterocycles. The van der Waals surface area contributed by atoms with Gasteiger partial charge in [-0.1, -0.05) is 38.8 Å². The molecule has 128 valence electrons. The Morgan fingerprint density at radius 3 is 2.61 bits per heavy atom. The van der Waals surface area contributed by atoms with Gasteiger partial charge in [-0.3, -0.25) is 4.79 Å². The zero-order valence-electron chi connectivity index (χ0n) is 14.9. The third kappa shape index (κ3) is 2.14. The van der Waals surface area contributed by atoms with Crippen molar-refractivity contribution in [3.05, 3.63) is 10.6 Å². The van der Waals surface area contributed by atoms with E-state index in [-0.39, 0.29) is 5.41 Å². The summed E-state index contributed by atoms with van der Waals surface area (Å²) in [5, 5.41) is 0.903. The smallest absolute Gasteiger partial charge is 0.147 e. The normalized spacial score (nSPS) is 52.6. The summed E-state index contributed by atoms with van der Waals surface area (Å²) in [4.78, 5) is 11.4. The Labute approximate surface area is 146 Å². The van der Waals surface area contributed by atoms with E-state index in [0.29, 0.717) is 11.3 Å². The first-order chi connectivity index (χ1) is 10.9. The van der Waals surface area contributed by atoms with Gasteiger partial charge < -0.3 is 0 Å². The average Bonchev–Trinajstić information content (AvgIpc) is 2.79. The van der Waals surface area contributed by atoms with Crippen molar-refractivity contribution in [1.29, 1.82) is 0 Å². The maximum atomic E-state index is 11.4. The minimum atomic E-state index is 0.0874. The summed E-state index contributed by atoms with van der Waals surface area (Å²) < 4.78 is 0. The molecule has 0 aliphatic heterocycles. The summed E-state index contributed by atoms with van der Waals surface area (Å²) in [5.41, 5.74) is 1.54. The van der Waals surface area contributed by atoms with Gasteiger partial charge in [0.05, 0.1) is 0 Å². The minimum Gasteiger partial charge on any atom is -0.298 e. The number of carbonyl (C=O) groups excluding carboxylic acids is 1. The largest absolute Gasteiger partial charge is 0.298 e. The number of hydrogen-bond acceptors (Lipinski definition) is 1. The van der Waals surface area contributed by atoms with Gasteiger partial charge in [0, 0.05) is 16.0 Å². The summed E-state index contributed by atoms with van der Waals surface area (Å²) in [5.74, 6) is 4.12. The van der Waals surface area contributed by atoms with Crippen LogP contribution in [0.15, 0.2) is 10.6 Å². The van der Waals surface area contributed by atoms with E-state index in [1.54, 1.807) is 0 Å². The van der Waals surface area contributed by atoms with Crippen LogP contribution in [0.25, 0.3) is 0 Å². The zero-order valence-corrected chi connectivity index (χ0v) is 15.7. The van der Waals surface area contributed by atoms with E-state index < -0.39 is 0 Å². The highest BCUT2D eigenvalue weighted by molar-refractivity contribution is 6.32. The highest BCUT2D eigenvalue weighted by Gasteiger charge is 2.59. The SMILES string of the molecule is C[C@H]1CC[C@]2(C)C3CC[C@]4(C)C(Cl)=C(C=O)CC4C3CC[C@H]2C1. The molecule has 0 aromatic rings. The molecule has 3 saturated carbocycles. The van der Waals surface area contributed by atoms with Crippen LogP contribution in [-0.2, 0) is 4.79 Å². The van der Waals surface area contributed by atoms with E-state index in [1.807, 2.05) is 0 Å². The number of aldehydes is 1. The molecule has 3 unspecified atom stereocenters. The van der Waals surface area contributed by atoms with Crippen LogP contribution in [0.4, 0.5) is 0 Å². The number of fused-ring (bicyclic) bond motifs is 5. The number of hydrogen-bond donors (Lipinski definition) is 0. The van der Waals surface area contributed by atoms with Crippen LogP contribution < -0.4 is 0 Å². The second-order valence-corrected chi connectivity index (χ2v) is 10.0. The molecule has 0 bridgehead atoms. The second-order valence-electron chi connectivity index (χ2n) is 9.65. The molecule has 0 aromatic heterocycles. The van der Waals surface area contributed by atoms with Crippen molar-refractivity contribution in [2.24, 2.45) is 40.4 Å². The van der Waals surface area contributed by atoms with Gasteiger partial charge in [-0.25, -0.2) is 0 Å². The second kappa shape index (κ2) is 5.35. The van der Waals surface area contributed by atoms with Crippen molar-refractivity contribution < 1.29 is 4.79 Å². The molecule has 0 N–H and O–H groups in total. The van der Waals surface area contributed by atoms with Crippen molar-refractivity contribution in [1.82, 2.24) is 0 Å². The highest BCUT2D eigenvalue weighted by atomic mass is 35.5. The fourth-order valence-electron chi connectivity index (χ4n) is 7.23. The van der Waals surface area contributed by atoms with Crippen LogP contribution >= 0.6 is 11.6 Å². The van der Waals surface area contributed by atoms with Gasteiger partial charge in [0.25, 0.3) is 0 Å². The summed E-state index contributed by atoms with van der Waals surface area (Å²) in [6.45, 7) is 7.39. The Bertz CT molecular complexity index is 552. The van der Waals surface area contributed by atoms with Gasteiger partial charge >= 0.3 is 0 Å². The molecule has 7 atom stereocenters. The quantitative estimate of drug-likeness (QED) is 0.540. The first kappa shape index (κ1) is 16.2. The van der Waals surface area contributed by atoms with Crippen LogP contribution in [0.1, 0.15) is 72.1 Å². The number of rotatable bonds is 1. The molecule has 2 heteroatoms. The van der Waals surface area contributed by atoms with Gasteiger partial charge in [0.2, 0.25) is 0 Å². The zero-order chi connectivity index (χ0) is 16.4. The molecule has 0 aromatic carbocycles. The van der Waals surface area contributed by atoms with E-state index in [9.17, 15) is 4.79 Å². The van der Waals surface area contributed by atoms with E-state index >= 15 is 0 Å².